The van der Waals surface area contributed by atoms with E-state index < -0.39 is 0 Å². The average molecular weight is 469 g/mol. The molecule has 35 heavy (non-hydrogen) atoms. The van der Waals surface area contributed by atoms with Crippen LogP contribution >= 0.6 is 0 Å². The average Bonchev–Trinajstić information content (AvgIpc) is 2.90. The molecular weight excluding hydrogens is 436 g/mol. The van der Waals surface area contributed by atoms with Crippen molar-refractivity contribution in [2.75, 3.05) is 34.9 Å². The highest BCUT2D eigenvalue weighted by atomic mass is 16.5. The Kier molecular flexibility index (Phi) is 9.18. The molecule has 0 heterocycles. The predicted octanol–water partition coefficient (Wildman–Crippen LogP) is 5.09. The van der Waals surface area contributed by atoms with Crippen LogP contribution in [0.25, 0.3) is 0 Å². The normalized spacial score (nSPS) is 11.2. The number of rotatable bonds is 9. The van der Waals surface area contributed by atoms with E-state index in [0.717, 1.165) is 53.3 Å². The molecule has 0 aromatic heterocycles. The van der Waals surface area contributed by atoms with Gasteiger partial charge in [0.1, 0.15) is 5.75 Å². The van der Waals surface area contributed by atoms with Gasteiger partial charge in [0.25, 0.3) is 0 Å². The van der Waals surface area contributed by atoms with E-state index in [1.165, 1.54) is 5.56 Å². The summed E-state index contributed by atoms with van der Waals surface area (Å²) in [6, 6.07) is 21.9. The molecule has 0 radical (unpaired) electrons. The zero-order valence-corrected chi connectivity index (χ0v) is 21.1. The highest BCUT2D eigenvalue weighted by Crippen LogP contribution is 2.28. The van der Waals surface area contributed by atoms with Crippen LogP contribution in [0, 0.1) is 23.2 Å². The van der Waals surface area contributed by atoms with Crippen molar-refractivity contribution in [3.05, 3.63) is 88.5 Å². The Labute approximate surface area is 208 Å². The van der Waals surface area contributed by atoms with Crippen molar-refractivity contribution in [2.24, 2.45) is 0 Å². The van der Waals surface area contributed by atoms with Crippen LogP contribution in [-0.2, 0) is 12.8 Å². The van der Waals surface area contributed by atoms with Gasteiger partial charge in [-0.05, 0) is 92.5 Å². The summed E-state index contributed by atoms with van der Waals surface area (Å²) >= 11 is 0. The van der Waals surface area contributed by atoms with Crippen molar-refractivity contribution in [1.82, 2.24) is 4.90 Å². The Hall–Kier alpha value is -3.93. The minimum Gasteiger partial charge on any atom is -0.497 e. The Bertz CT molecular complexity index is 1230. The van der Waals surface area contributed by atoms with Crippen molar-refractivity contribution in [1.29, 1.82) is 5.26 Å². The maximum atomic E-state index is 8.99. The first-order valence-corrected chi connectivity index (χ1v) is 11.6. The second kappa shape index (κ2) is 12.5. The SMILES string of the molecule is COc1ccc(C#Cc2ccc(C#N)cc2)c(CC(C)N(C)CCc2ccc(OC)c(OC)c2)c1. The molecule has 0 aliphatic rings. The second-order valence-electron chi connectivity index (χ2n) is 8.44. The summed E-state index contributed by atoms with van der Waals surface area (Å²) in [7, 11) is 7.13. The van der Waals surface area contributed by atoms with Crippen LogP contribution in [0.4, 0.5) is 0 Å². The van der Waals surface area contributed by atoms with E-state index in [1.807, 2.05) is 36.4 Å². The number of nitriles is 1. The molecule has 1 atom stereocenters. The molecule has 0 bridgehead atoms. The van der Waals surface area contributed by atoms with Crippen LogP contribution < -0.4 is 14.2 Å². The summed E-state index contributed by atoms with van der Waals surface area (Å²) in [5.74, 6) is 8.85. The first kappa shape index (κ1) is 25.7. The zero-order valence-electron chi connectivity index (χ0n) is 21.1. The number of hydrogen-bond acceptors (Lipinski definition) is 5. The first-order valence-electron chi connectivity index (χ1n) is 11.6. The van der Waals surface area contributed by atoms with Gasteiger partial charge in [0.05, 0.1) is 33.0 Å². The summed E-state index contributed by atoms with van der Waals surface area (Å²) < 4.78 is 16.2. The van der Waals surface area contributed by atoms with E-state index in [4.69, 9.17) is 19.5 Å². The second-order valence-corrected chi connectivity index (χ2v) is 8.44. The summed E-state index contributed by atoms with van der Waals surface area (Å²) in [6.45, 7) is 3.14. The topological polar surface area (TPSA) is 54.7 Å². The Morgan fingerprint density at radius 2 is 1.54 bits per heavy atom. The third-order valence-electron chi connectivity index (χ3n) is 6.14. The molecule has 0 amide bonds. The molecule has 0 aliphatic heterocycles. The fourth-order valence-electron chi connectivity index (χ4n) is 3.79. The van der Waals surface area contributed by atoms with Crippen LogP contribution in [0.3, 0.4) is 0 Å². The lowest BCUT2D eigenvalue weighted by molar-refractivity contribution is 0.259. The maximum Gasteiger partial charge on any atom is 0.160 e. The summed E-state index contributed by atoms with van der Waals surface area (Å²) in [6.07, 6.45) is 1.75. The predicted molar refractivity (Wildman–Crippen MR) is 139 cm³/mol. The highest BCUT2D eigenvalue weighted by molar-refractivity contribution is 5.50. The molecule has 180 valence electrons. The molecule has 0 saturated carbocycles. The number of benzene rings is 3. The van der Waals surface area contributed by atoms with Gasteiger partial charge in [0.2, 0.25) is 0 Å². The van der Waals surface area contributed by atoms with E-state index in [2.05, 4.69) is 48.9 Å². The van der Waals surface area contributed by atoms with E-state index >= 15 is 0 Å². The van der Waals surface area contributed by atoms with Gasteiger partial charge in [0, 0.05) is 23.7 Å². The van der Waals surface area contributed by atoms with Gasteiger partial charge < -0.3 is 19.1 Å². The van der Waals surface area contributed by atoms with Crippen molar-refractivity contribution in [3.63, 3.8) is 0 Å². The molecule has 5 heteroatoms. The molecule has 3 rings (SSSR count). The van der Waals surface area contributed by atoms with E-state index in [-0.39, 0.29) is 0 Å². The number of nitrogens with zero attached hydrogens (tertiary/aromatic N) is 2. The molecular formula is C30H32N2O3. The van der Waals surface area contributed by atoms with Crippen LogP contribution in [0.15, 0.2) is 60.7 Å². The number of ether oxygens (including phenoxy) is 3. The van der Waals surface area contributed by atoms with E-state index in [0.29, 0.717) is 11.6 Å². The fraction of sp³-hybridized carbons (Fsp3) is 0.300. The van der Waals surface area contributed by atoms with Gasteiger partial charge in [-0.3, -0.25) is 0 Å². The molecule has 3 aromatic rings. The van der Waals surface area contributed by atoms with Gasteiger partial charge >= 0.3 is 0 Å². The maximum absolute atomic E-state index is 8.99. The standard InChI is InChI=1S/C30H32N2O3/c1-22(32(2)17-16-24-11-15-29(34-4)30(19-24)35-5)18-27-20-28(33-3)14-13-26(27)12-10-23-6-8-25(21-31)9-7-23/h6-9,11,13-15,19-20,22H,16-18H2,1-5H3. The number of methoxy groups -OCH3 is 3. The zero-order chi connectivity index (χ0) is 25.2. The fourth-order valence-corrected chi connectivity index (χ4v) is 3.79. The third-order valence-corrected chi connectivity index (χ3v) is 6.14. The largest absolute Gasteiger partial charge is 0.497 e. The number of likely N-dealkylation sites (N-methyl/N-ethyl adjacent to an activating group) is 1. The van der Waals surface area contributed by atoms with E-state index in [9.17, 15) is 0 Å². The summed E-state index contributed by atoms with van der Waals surface area (Å²) in [5, 5.41) is 8.99. The quantitative estimate of drug-likeness (QED) is 0.410. The monoisotopic (exact) mass is 468 g/mol. The first-order chi connectivity index (χ1) is 17.0. The molecule has 0 fully saturated rings. The molecule has 5 nitrogen and oxygen atoms in total. The molecule has 1 unspecified atom stereocenters. The van der Waals surface area contributed by atoms with Gasteiger partial charge in [-0.1, -0.05) is 17.9 Å². The summed E-state index contributed by atoms with van der Waals surface area (Å²) in [4.78, 5) is 2.36. The van der Waals surface area contributed by atoms with E-state index in [1.54, 1.807) is 33.5 Å². The Balaban J connectivity index is 1.71. The Morgan fingerprint density at radius 1 is 0.829 bits per heavy atom. The van der Waals surface area contributed by atoms with Crippen LogP contribution in [0.5, 0.6) is 17.2 Å². The van der Waals surface area contributed by atoms with Crippen LogP contribution in [0.2, 0.25) is 0 Å². The minimum absolute atomic E-state index is 0.303. The van der Waals surface area contributed by atoms with Gasteiger partial charge in [0.15, 0.2) is 11.5 Å². The Morgan fingerprint density at radius 3 is 2.20 bits per heavy atom. The van der Waals surface area contributed by atoms with Gasteiger partial charge in [-0.2, -0.15) is 5.26 Å². The molecule has 0 spiro atoms. The van der Waals surface area contributed by atoms with Crippen molar-refractivity contribution in [3.8, 4) is 35.2 Å². The van der Waals surface area contributed by atoms with Crippen molar-refractivity contribution < 1.29 is 14.2 Å². The van der Waals surface area contributed by atoms with Gasteiger partial charge in [-0.15, -0.1) is 0 Å². The molecule has 0 N–H and O–H groups in total. The van der Waals surface area contributed by atoms with Gasteiger partial charge in [-0.25, -0.2) is 0 Å². The molecule has 0 saturated heterocycles. The highest BCUT2D eigenvalue weighted by Gasteiger charge is 2.14. The lowest BCUT2D eigenvalue weighted by Crippen LogP contribution is -2.32. The lowest BCUT2D eigenvalue weighted by atomic mass is 9.99. The van der Waals surface area contributed by atoms with Crippen molar-refractivity contribution in [2.45, 2.75) is 25.8 Å². The lowest BCUT2D eigenvalue weighted by Gasteiger charge is -2.25. The van der Waals surface area contributed by atoms with Crippen LogP contribution in [0.1, 0.15) is 34.7 Å². The minimum atomic E-state index is 0.303. The molecule has 3 aromatic carbocycles. The summed E-state index contributed by atoms with van der Waals surface area (Å²) in [5.41, 5.74) is 4.85. The van der Waals surface area contributed by atoms with Crippen molar-refractivity contribution >= 4 is 0 Å². The third kappa shape index (κ3) is 7.03. The van der Waals surface area contributed by atoms with Crippen LogP contribution in [-0.4, -0.2) is 45.9 Å². The smallest absolute Gasteiger partial charge is 0.160 e. The molecule has 0 aliphatic carbocycles. The number of hydrogen-bond donors (Lipinski definition) is 0.